The molecule has 0 bridgehead atoms. The van der Waals surface area contributed by atoms with E-state index in [1.54, 1.807) is 6.07 Å². The predicted molar refractivity (Wildman–Crippen MR) is 91.6 cm³/mol. The van der Waals surface area contributed by atoms with Gasteiger partial charge in [0.05, 0.1) is 11.7 Å². The van der Waals surface area contributed by atoms with E-state index in [2.05, 4.69) is 36.5 Å². The molecule has 0 radical (unpaired) electrons. The lowest BCUT2D eigenvalue weighted by molar-refractivity contribution is -0.118. The number of carbonyl (C=O) groups excluding carboxylic acids is 1. The van der Waals surface area contributed by atoms with Crippen molar-refractivity contribution in [1.29, 1.82) is 0 Å². The quantitative estimate of drug-likeness (QED) is 0.765. The molecule has 0 spiro atoms. The Balaban J connectivity index is 2.17. The first-order chi connectivity index (χ1) is 11.0. The van der Waals surface area contributed by atoms with E-state index in [1.807, 2.05) is 29.8 Å². The fourth-order valence-electron chi connectivity index (χ4n) is 2.85. The molecule has 1 amide bonds. The van der Waals surface area contributed by atoms with Crippen LogP contribution in [-0.4, -0.2) is 27.4 Å². The molecule has 1 atom stereocenters. The van der Waals surface area contributed by atoms with Crippen molar-refractivity contribution in [3.8, 4) is 0 Å². The Bertz CT molecular complexity index is 694. The van der Waals surface area contributed by atoms with Gasteiger partial charge in [-0.25, -0.2) is 0 Å². The summed E-state index contributed by atoms with van der Waals surface area (Å²) in [7, 11) is 0. The van der Waals surface area contributed by atoms with Gasteiger partial charge in [-0.05, 0) is 45.9 Å². The molecule has 1 heterocycles. The summed E-state index contributed by atoms with van der Waals surface area (Å²) in [6.45, 7) is 8.59. The van der Waals surface area contributed by atoms with Crippen molar-refractivity contribution >= 4 is 17.3 Å². The van der Waals surface area contributed by atoms with Crippen LogP contribution >= 0.6 is 0 Å². The summed E-state index contributed by atoms with van der Waals surface area (Å²) in [6.07, 6.45) is 0. The van der Waals surface area contributed by atoms with Crippen LogP contribution in [0.4, 0.5) is 11.4 Å². The van der Waals surface area contributed by atoms with Crippen molar-refractivity contribution in [2.45, 2.75) is 40.3 Å². The van der Waals surface area contributed by atoms with E-state index in [1.165, 1.54) is 5.56 Å². The van der Waals surface area contributed by atoms with Gasteiger partial charge in [-0.15, -0.1) is 0 Å². The summed E-state index contributed by atoms with van der Waals surface area (Å²) in [5.41, 5.74) is 4.93. The third-order valence-electron chi connectivity index (χ3n) is 3.84. The molecule has 124 valence electrons. The van der Waals surface area contributed by atoms with Gasteiger partial charge in [0.25, 0.3) is 0 Å². The SMILES string of the molecule is CCn1nc(C)c(C(C)Nc2cccc(NC(=O)CO)c2)c1C. The molecule has 1 aromatic carbocycles. The molecular weight excluding hydrogens is 292 g/mol. The maximum Gasteiger partial charge on any atom is 0.250 e. The molecule has 0 aliphatic carbocycles. The monoisotopic (exact) mass is 316 g/mol. The maximum atomic E-state index is 11.3. The molecule has 0 saturated heterocycles. The second-order valence-corrected chi connectivity index (χ2v) is 5.55. The molecule has 6 heteroatoms. The van der Waals surface area contributed by atoms with Gasteiger partial charge in [0.1, 0.15) is 6.61 Å². The fraction of sp³-hybridized carbons (Fsp3) is 0.412. The van der Waals surface area contributed by atoms with Crippen LogP contribution in [0.1, 0.15) is 36.8 Å². The van der Waals surface area contributed by atoms with Crippen LogP contribution in [0.5, 0.6) is 0 Å². The van der Waals surface area contributed by atoms with E-state index < -0.39 is 12.5 Å². The zero-order valence-corrected chi connectivity index (χ0v) is 14.1. The topological polar surface area (TPSA) is 79.2 Å². The van der Waals surface area contributed by atoms with Crippen molar-refractivity contribution in [1.82, 2.24) is 9.78 Å². The van der Waals surface area contributed by atoms with Crippen molar-refractivity contribution < 1.29 is 9.90 Å². The van der Waals surface area contributed by atoms with Gasteiger partial charge in [0.2, 0.25) is 5.91 Å². The zero-order chi connectivity index (χ0) is 17.0. The summed E-state index contributed by atoms with van der Waals surface area (Å²) < 4.78 is 2.00. The number of rotatable bonds is 6. The smallest absolute Gasteiger partial charge is 0.250 e. The number of nitrogens with zero attached hydrogens (tertiary/aromatic N) is 2. The molecule has 2 rings (SSSR count). The number of anilines is 2. The average Bonchev–Trinajstić information content (AvgIpc) is 2.81. The van der Waals surface area contributed by atoms with Crippen LogP contribution in [-0.2, 0) is 11.3 Å². The summed E-state index contributed by atoms with van der Waals surface area (Å²) in [5, 5.41) is 19.4. The summed E-state index contributed by atoms with van der Waals surface area (Å²) in [4.78, 5) is 11.3. The molecule has 0 aliphatic heterocycles. The largest absolute Gasteiger partial charge is 0.387 e. The van der Waals surface area contributed by atoms with E-state index in [0.29, 0.717) is 5.69 Å². The standard InChI is InChI=1S/C17H24N4O2/c1-5-21-13(4)17(12(3)20-21)11(2)18-14-7-6-8-15(9-14)19-16(23)10-22/h6-9,11,18,22H,5,10H2,1-4H3,(H,19,23). The van der Waals surface area contributed by atoms with Crippen molar-refractivity contribution in [3.05, 3.63) is 41.2 Å². The number of aromatic nitrogens is 2. The molecule has 0 aliphatic rings. The Morgan fingerprint density at radius 2 is 2.04 bits per heavy atom. The molecule has 3 N–H and O–H groups in total. The molecule has 6 nitrogen and oxygen atoms in total. The number of carbonyl (C=O) groups is 1. The molecule has 0 saturated carbocycles. The summed E-state index contributed by atoms with van der Waals surface area (Å²) >= 11 is 0. The number of hydrogen-bond acceptors (Lipinski definition) is 4. The number of hydrogen-bond donors (Lipinski definition) is 3. The van der Waals surface area contributed by atoms with Crippen molar-refractivity contribution in [2.24, 2.45) is 0 Å². The second-order valence-electron chi connectivity index (χ2n) is 5.55. The van der Waals surface area contributed by atoms with Crippen LogP contribution in [0.25, 0.3) is 0 Å². The fourth-order valence-corrected chi connectivity index (χ4v) is 2.85. The molecule has 0 fully saturated rings. The first-order valence-corrected chi connectivity index (χ1v) is 7.77. The van der Waals surface area contributed by atoms with E-state index in [-0.39, 0.29) is 6.04 Å². The van der Waals surface area contributed by atoms with Crippen LogP contribution in [0.2, 0.25) is 0 Å². The lowest BCUT2D eigenvalue weighted by Gasteiger charge is -2.17. The molecule has 1 unspecified atom stereocenters. The van der Waals surface area contributed by atoms with Crippen LogP contribution in [0, 0.1) is 13.8 Å². The molecule has 2 aromatic rings. The van der Waals surface area contributed by atoms with Gasteiger partial charge in [-0.1, -0.05) is 6.07 Å². The maximum absolute atomic E-state index is 11.3. The number of aryl methyl sites for hydroxylation is 2. The van der Waals surface area contributed by atoms with E-state index in [4.69, 9.17) is 5.11 Å². The van der Waals surface area contributed by atoms with Gasteiger partial charge < -0.3 is 15.7 Å². The lowest BCUT2D eigenvalue weighted by Crippen LogP contribution is -2.15. The molecular formula is C17H24N4O2. The highest BCUT2D eigenvalue weighted by Gasteiger charge is 2.17. The molecule has 1 aromatic heterocycles. The van der Waals surface area contributed by atoms with E-state index >= 15 is 0 Å². The average molecular weight is 316 g/mol. The third-order valence-corrected chi connectivity index (χ3v) is 3.84. The second kappa shape index (κ2) is 7.28. The molecule has 23 heavy (non-hydrogen) atoms. The summed E-state index contributed by atoms with van der Waals surface area (Å²) in [6, 6.07) is 7.53. The number of aliphatic hydroxyl groups is 1. The Labute approximate surface area is 136 Å². The number of benzene rings is 1. The van der Waals surface area contributed by atoms with Crippen molar-refractivity contribution in [3.63, 3.8) is 0 Å². The highest BCUT2D eigenvalue weighted by Crippen LogP contribution is 2.26. The highest BCUT2D eigenvalue weighted by atomic mass is 16.3. The van der Waals surface area contributed by atoms with Gasteiger partial charge >= 0.3 is 0 Å². The van der Waals surface area contributed by atoms with Crippen LogP contribution in [0.3, 0.4) is 0 Å². The lowest BCUT2D eigenvalue weighted by atomic mass is 10.1. The minimum Gasteiger partial charge on any atom is -0.387 e. The summed E-state index contributed by atoms with van der Waals surface area (Å²) in [5.74, 6) is -0.425. The van der Waals surface area contributed by atoms with Gasteiger partial charge in [0.15, 0.2) is 0 Å². The Kier molecular flexibility index (Phi) is 5.39. The minimum absolute atomic E-state index is 0.0964. The van der Waals surface area contributed by atoms with Crippen LogP contribution < -0.4 is 10.6 Å². The Morgan fingerprint density at radius 1 is 1.35 bits per heavy atom. The van der Waals surface area contributed by atoms with Gasteiger partial charge in [-0.2, -0.15) is 5.10 Å². The van der Waals surface area contributed by atoms with Crippen LogP contribution in [0.15, 0.2) is 24.3 Å². The third kappa shape index (κ3) is 3.90. The van der Waals surface area contributed by atoms with E-state index in [9.17, 15) is 4.79 Å². The number of aliphatic hydroxyl groups excluding tert-OH is 1. The van der Waals surface area contributed by atoms with Gasteiger partial charge in [-0.3, -0.25) is 9.48 Å². The zero-order valence-electron chi connectivity index (χ0n) is 14.1. The van der Waals surface area contributed by atoms with Crippen molar-refractivity contribution in [2.75, 3.05) is 17.2 Å². The highest BCUT2D eigenvalue weighted by molar-refractivity contribution is 5.91. The normalized spacial score (nSPS) is 12.0. The number of nitrogens with one attached hydrogen (secondary N) is 2. The Hall–Kier alpha value is -2.34. The first kappa shape index (κ1) is 17.0. The van der Waals surface area contributed by atoms with E-state index in [0.717, 1.165) is 23.6 Å². The number of amides is 1. The predicted octanol–water partition coefficient (Wildman–Crippen LogP) is 2.62. The minimum atomic E-state index is -0.525. The Morgan fingerprint density at radius 3 is 2.65 bits per heavy atom. The first-order valence-electron chi connectivity index (χ1n) is 7.77. The van der Waals surface area contributed by atoms with Gasteiger partial charge in [0, 0.05) is 29.2 Å².